The number of benzene rings is 2. The van der Waals surface area contributed by atoms with Gasteiger partial charge in [0.05, 0.1) is 23.6 Å². The number of para-hydroxylation sites is 2. The maximum atomic E-state index is 14.0. The largest absolute Gasteiger partial charge is 0.467 e. The third kappa shape index (κ3) is 5.11. The van der Waals surface area contributed by atoms with E-state index in [2.05, 4.69) is 52.0 Å². The van der Waals surface area contributed by atoms with E-state index in [0.717, 1.165) is 41.9 Å². The van der Waals surface area contributed by atoms with Crippen molar-refractivity contribution in [2.24, 2.45) is 10.9 Å². The Kier molecular flexibility index (Phi) is 7.38. The van der Waals surface area contributed by atoms with Crippen LogP contribution in [0.15, 0.2) is 76.3 Å². The average Bonchev–Trinajstić information content (AvgIpc) is 3.38. The molecule has 5 heteroatoms. The van der Waals surface area contributed by atoms with E-state index >= 15 is 0 Å². The molecule has 5 nitrogen and oxygen atoms in total. The molecule has 3 aromatic rings. The first-order valence-corrected chi connectivity index (χ1v) is 13.9. The van der Waals surface area contributed by atoms with Crippen LogP contribution in [0.1, 0.15) is 95.1 Å². The van der Waals surface area contributed by atoms with Gasteiger partial charge < -0.3 is 4.42 Å². The van der Waals surface area contributed by atoms with Gasteiger partial charge in [-0.1, -0.05) is 76.9 Å². The summed E-state index contributed by atoms with van der Waals surface area (Å²) in [5, 5.41) is 0. The van der Waals surface area contributed by atoms with Crippen LogP contribution in [0.2, 0.25) is 0 Å². The Balaban J connectivity index is 1.56. The van der Waals surface area contributed by atoms with Gasteiger partial charge in [0.25, 0.3) is 0 Å². The summed E-state index contributed by atoms with van der Waals surface area (Å²) < 4.78 is 5.90. The van der Waals surface area contributed by atoms with Crippen molar-refractivity contribution in [3.05, 3.63) is 83.8 Å². The van der Waals surface area contributed by atoms with E-state index in [1.165, 1.54) is 5.56 Å². The lowest BCUT2D eigenvalue weighted by atomic mass is 9.72. The summed E-state index contributed by atoms with van der Waals surface area (Å²) >= 11 is 0. The molecule has 1 fully saturated rings. The van der Waals surface area contributed by atoms with E-state index in [1.54, 1.807) is 11.2 Å². The van der Waals surface area contributed by atoms with Crippen LogP contribution in [-0.2, 0) is 15.0 Å². The molecule has 0 radical (unpaired) electrons. The number of nitrogens with zero attached hydrogens (tertiary/aromatic N) is 2. The quantitative estimate of drug-likeness (QED) is 0.315. The number of ketones is 1. The minimum atomic E-state index is -0.543. The maximum Gasteiger partial charge on any atom is 0.227 e. The van der Waals surface area contributed by atoms with Crippen LogP contribution < -0.4 is 4.90 Å². The highest BCUT2D eigenvalue weighted by molar-refractivity contribution is 6.13. The number of Topliss-reactive ketones (excluding diaryl/α,β-unsaturated/α-hetero) is 1. The number of hydrogen-bond acceptors (Lipinski definition) is 4. The number of amides is 1. The maximum absolute atomic E-state index is 14.0. The lowest BCUT2D eigenvalue weighted by Crippen LogP contribution is -2.45. The van der Waals surface area contributed by atoms with Crippen LogP contribution in [0.25, 0.3) is 0 Å². The second-order valence-electron chi connectivity index (χ2n) is 11.7. The highest BCUT2D eigenvalue weighted by Crippen LogP contribution is 2.47. The summed E-state index contributed by atoms with van der Waals surface area (Å²) in [6.45, 7) is 8.75. The van der Waals surface area contributed by atoms with Gasteiger partial charge in [0.1, 0.15) is 17.6 Å². The molecule has 198 valence electrons. The first kappa shape index (κ1) is 26.1. The normalized spacial score (nSPS) is 21.4. The molecule has 1 saturated carbocycles. The zero-order valence-corrected chi connectivity index (χ0v) is 22.9. The number of aliphatic imine (C=N–C) groups is 1. The SMILES string of the molecule is CCCCCC(=O)N1c2ccccc2N=C2C[C@H](c3ccc(C(C)(C)C)cc3)CC(=O)[C@H]2[C@@H]1c1ccco1. The van der Waals surface area contributed by atoms with Crippen molar-refractivity contribution in [3.63, 3.8) is 0 Å². The van der Waals surface area contributed by atoms with Crippen LogP contribution in [0, 0.1) is 5.92 Å². The molecule has 1 aromatic heterocycles. The summed E-state index contributed by atoms with van der Waals surface area (Å²) in [6.07, 6.45) is 5.99. The second-order valence-corrected chi connectivity index (χ2v) is 11.7. The van der Waals surface area contributed by atoms with Crippen molar-refractivity contribution in [3.8, 4) is 0 Å². The lowest BCUT2D eigenvalue weighted by Gasteiger charge is -2.37. The molecule has 2 heterocycles. The average molecular weight is 511 g/mol. The van der Waals surface area contributed by atoms with Crippen molar-refractivity contribution in [1.82, 2.24) is 0 Å². The Morgan fingerprint density at radius 2 is 1.76 bits per heavy atom. The van der Waals surface area contributed by atoms with Gasteiger partial charge in [0, 0.05) is 18.6 Å². The molecule has 1 amide bonds. The zero-order valence-electron chi connectivity index (χ0n) is 22.9. The fraction of sp³-hybridized carbons (Fsp3) is 0.424. The van der Waals surface area contributed by atoms with Crippen LogP contribution in [0.4, 0.5) is 11.4 Å². The molecule has 0 bridgehead atoms. The van der Waals surface area contributed by atoms with Gasteiger partial charge in [0.2, 0.25) is 5.91 Å². The molecular weight excluding hydrogens is 472 g/mol. The summed E-state index contributed by atoms with van der Waals surface area (Å²) in [5.41, 5.74) is 4.83. The number of unbranched alkanes of at least 4 members (excludes halogenated alkanes) is 2. The molecule has 2 aromatic carbocycles. The molecular formula is C33H38N2O3. The first-order chi connectivity index (χ1) is 18.3. The Hall–Kier alpha value is -3.47. The first-order valence-electron chi connectivity index (χ1n) is 13.9. The lowest BCUT2D eigenvalue weighted by molar-refractivity contribution is -0.123. The van der Waals surface area contributed by atoms with Crippen molar-refractivity contribution in [2.75, 3.05) is 4.90 Å². The molecule has 1 aliphatic heterocycles. The summed E-state index contributed by atoms with van der Waals surface area (Å²) in [6, 6.07) is 19.6. The van der Waals surface area contributed by atoms with Gasteiger partial charge in [0.15, 0.2) is 0 Å². The van der Waals surface area contributed by atoms with Crippen LogP contribution >= 0.6 is 0 Å². The topological polar surface area (TPSA) is 62.9 Å². The smallest absolute Gasteiger partial charge is 0.227 e. The fourth-order valence-electron chi connectivity index (χ4n) is 5.87. The molecule has 0 unspecified atom stereocenters. The van der Waals surface area contributed by atoms with Gasteiger partial charge in [-0.15, -0.1) is 0 Å². The third-order valence-corrected chi connectivity index (χ3v) is 7.95. The Morgan fingerprint density at radius 1 is 1.00 bits per heavy atom. The van der Waals surface area contributed by atoms with E-state index in [9.17, 15) is 9.59 Å². The van der Waals surface area contributed by atoms with Crippen molar-refractivity contribution in [1.29, 1.82) is 0 Å². The monoisotopic (exact) mass is 510 g/mol. The van der Waals surface area contributed by atoms with E-state index < -0.39 is 12.0 Å². The van der Waals surface area contributed by atoms with Crippen molar-refractivity contribution >= 4 is 28.8 Å². The predicted octanol–water partition coefficient (Wildman–Crippen LogP) is 8.08. The molecule has 3 atom stereocenters. The standard InChI is InChI=1S/C33H38N2O3/c1-5-6-7-14-30(37)35-27-12-9-8-11-25(27)34-26-20-23(22-15-17-24(18-16-22)33(2,3)4)21-28(36)31(26)32(35)29-13-10-19-38-29/h8-13,15-19,23,31-32H,5-7,14,20-21H2,1-4H3/t23-,31-,32-/m0/s1. The molecule has 0 N–H and O–H groups in total. The van der Waals surface area contributed by atoms with Crippen molar-refractivity contribution in [2.45, 2.75) is 83.6 Å². The number of rotatable bonds is 6. The Bertz CT molecular complexity index is 1320. The minimum Gasteiger partial charge on any atom is -0.467 e. The highest BCUT2D eigenvalue weighted by Gasteiger charge is 2.47. The number of furan rings is 1. The molecule has 5 rings (SSSR count). The highest BCUT2D eigenvalue weighted by atomic mass is 16.3. The van der Waals surface area contributed by atoms with E-state index in [4.69, 9.17) is 9.41 Å². The minimum absolute atomic E-state index is 0.0106. The molecule has 0 spiro atoms. The zero-order chi connectivity index (χ0) is 26.9. The number of carbonyl (C=O) groups excluding carboxylic acids is 2. The fourth-order valence-corrected chi connectivity index (χ4v) is 5.87. The van der Waals surface area contributed by atoms with Crippen molar-refractivity contribution < 1.29 is 14.0 Å². The second kappa shape index (κ2) is 10.7. The Morgan fingerprint density at radius 3 is 2.45 bits per heavy atom. The van der Waals surface area contributed by atoms with E-state index in [1.807, 2.05) is 36.4 Å². The summed E-state index contributed by atoms with van der Waals surface area (Å²) in [5.74, 6) is 0.276. The van der Waals surface area contributed by atoms with Gasteiger partial charge >= 0.3 is 0 Å². The number of hydrogen-bond donors (Lipinski definition) is 0. The number of carbonyl (C=O) groups is 2. The molecule has 0 saturated heterocycles. The van der Waals surface area contributed by atoms with Gasteiger partial charge in [-0.25, -0.2) is 0 Å². The predicted molar refractivity (Wildman–Crippen MR) is 152 cm³/mol. The van der Waals surface area contributed by atoms with Gasteiger partial charge in [-0.3, -0.25) is 19.5 Å². The number of fused-ring (bicyclic) bond motifs is 2. The summed E-state index contributed by atoms with van der Waals surface area (Å²) in [4.78, 5) is 34.7. The Labute approximate surface area is 226 Å². The summed E-state index contributed by atoms with van der Waals surface area (Å²) in [7, 11) is 0. The van der Waals surface area contributed by atoms with Crippen LogP contribution in [0.5, 0.6) is 0 Å². The molecule has 38 heavy (non-hydrogen) atoms. The van der Waals surface area contributed by atoms with Gasteiger partial charge in [-0.2, -0.15) is 0 Å². The molecule has 2 aliphatic rings. The van der Waals surface area contributed by atoms with E-state index in [0.29, 0.717) is 25.0 Å². The molecule has 1 aliphatic carbocycles. The van der Waals surface area contributed by atoms with Crippen LogP contribution in [-0.4, -0.2) is 17.4 Å². The van der Waals surface area contributed by atoms with E-state index in [-0.39, 0.29) is 23.0 Å². The van der Waals surface area contributed by atoms with Gasteiger partial charge in [-0.05, 0) is 59.6 Å². The van der Waals surface area contributed by atoms with Crippen LogP contribution in [0.3, 0.4) is 0 Å². The number of anilines is 1. The third-order valence-electron chi connectivity index (χ3n) is 7.95.